The van der Waals surface area contributed by atoms with Gasteiger partial charge in [0, 0.05) is 38.5 Å². The van der Waals surface area contributed by atoms with Crippen LogP contribution in [-0.4, -0.2) is 144 Å². The topological polar surface area (TPSA) is 187 Å². The second-order valence-corrected chi connectivity index (χ2v) is 21.7. The molecule has 71 heavy (non-hydrogen) atoms. The number of rotatable bonds is 12. The summed E-state index contributed by atoms with van der Waals surface area (Å²) >= 11 is 6.25. The van der Waals surface area contributed by atoms with E-state index >= 15 is 4.39 Å². The van der Waals surface area contributed by atoms with E-state index in [9.17, 15) is 59.9 Å². The smallest absolute Gasteiger partial charge is 0.422 e. The van der Waals surface area contributed by atoms with Crippen LogP contribution in [0.4, 0.5) is 30.7 Å². The van der Waals surface area contributed by atoms with Gasteiger partial charge in [0.2, 0.25) is 41.4 Å². The number of nitrogens with one attached hydrogen (secondary N) is 4. The van der Waals surface area contributed by atoms with Crippen molar-refractivity contribution in [2.75, 3.05) is 33.8 Å². The monoisotopic (exact) mass is 1040 g/mol. The van der Waals surface area contributed by atoms with Crippen molar-refractivity contribution in [3.63, 3.8) is 0 Å². The van der Waals surface area contributed by atoms with E-state index in [4.69, 9.17) is 16.3 Å². The van der Waals surface area contributed by atoms with Crippen molar-refractivity contribution in [3.05, 3.63) is 28.8 Å². The van der Waals surface area contributed by atoms with Crippen molar-refractivity contribution in [3.8, 4) is 5.75 Å². The molecular formula is C48H65ClF7N7O8. The van der Waals surface area contributed by atoms with Gasteiger partial charge in [-0.15, -0.1) is 0 Å². The van der Waals surface area contributed by atoms with E-state index < -0.39 is 151 Å². The predicted molar refractivity (Wildman–Crippen MR) is 244 cm³/mol. The van der Waals surface area contributed by atoms with Crippen LogP contribution in [-0.2, 0) is 40.0 Å². The summed E-state index contributed by atoms with van der Waals surface area (Å²) in [7, 11) is 2.57. The summed E-state index contributed by atoms with van der Waals surface area (Å²) in [5.74, 6) is -7.25. The summed E-state index contributed by atoms with van der Waals surface area (Å²) in [6.45, 7) is 4.01. The average Bonchev–Trinajstić information content (AvgIpc) is 4.01. The Labute approximate surface area is 413 Å². The van der Waals surface area contributed by atoms with Crippen molar-refractivity contribution in [1.29, 1.82) is 0 Å². The lowest BCUT2D eigenvalue weighted by molar-refractivity contribution is -0.285. The van der Waals surface area contributed by atoms with Gasteiger partial charge >= 0.3 is 12.4 Å². The first-order chi connectivity index (χ1) is 33.0. The van der Waals surface area contributed by atoms with E-state index in [-0.39, 0.29) is 54.5 Å². The number of likely N-dealkylation sites (N-methyl/N-ethyl adjacent to an activating group) is 2. The van der Waals surface area contributed by atoms with E-state index in [1.165, 1.54) is 46.1 Å². The highest BCUT2D eigenvalue weighted by Gasteiger charge is 2.74. The first kappa shape index (κ1) is 55.4. The zero-order chi connectivity index (χ0) is 52.6. The number of hydrogen-bond donors (Lipinski definition) is 4. The number of amides is 7. The first-order valence-electron chi connectivity index (χ1n) is 24.2. The van der Waals surface area contributed by atoms with Crippen LogP contribution in [0.3, 0.4) is 0 Å². The molecule has 2 aliphatic heterocycles. The van der Waals surface area contributed by atoms with Crippen LogP contribution in [0, 0.1) is 22.7 Å². The molecule has 0 aromatic heterocycles. The molecule has 0 bridgehead atoms. The molecule has 15 nitrogen and oxygen atoms in total. The number of halogens is 8. The Balaban J connectivity index is 1.26. The molecule has 396 valence electrons. The van der Waals surface area contributed by atoms with Crippen molar-refractivity contribution in [2.24, 2.45) is 22.7 Å². The molecule has 7 amide bonds. The van der Waals surface area contributed by atoms with Crippen molar-refractivity contribution in [1.82, 2.24) is 36.0 Å². The van der Waals surface area contributed by atoms with E-state index in [1.807, 2.05) is 0 Å². The van der Waals surface area contributed by atoms with Gasteiger partial charge in [-0.05, 0) is 119 Å². The second-order valence-electron chi connectivity index (χ2n) is 21.3. The molecule has 2 saturated heterocycles. The summed E-state index contributed by atoms with van der Waals surface area (Å²) in [6, 6.07) is -3.43. The molecule has 3 saturated carbocycles. The van der Waals surface area contributed by atoms with Crippen LogP contribution >= 0.6 is 11.6 Å². The van der Waals surface area contributed by atoms with Crippen LogP contribution in [0.25, 0.3) is 0 Å². The molecular weight excluding hydrogens is 971 g/mol. The quantitative estimate of drug-likeness (QED) is 0.196. The number of alkyl halides is 7. The largest absolute Gasteiger partial charge is 0.484 e. The number of ether oxygens (including phenoxy) is 1. The van der Waals surface area contributed by atoms with Crippen molar-refractivity contribution < 1.29 is 69.0 Å². The maximum atomic E-state index is 15.1. The Kier molecular flexibility index (Phi) is 16.6. The molecule has 3 aliphatic carbocycles. The minimum absolute atomic E-state index is 0.00216. The number of carbonyl (C=O) groups is 7. The molecule has 0 unspecified atom stereocenters. The van der Waals surface area contributed by atoms with Gasteiger partial charge in [0.25, 0.3) is 0 Å². The number of hydrogen-bond acceptors (Lipinski definition) is 8. The van der Waals surface area contributed by atoms with E-state index in [1.54, 1.807) is 13.8 Å². The standard InChI is InChI=1S/C48H65ClF7N7O8/c1-26(2)18-31-40(67)62(6)33(20-28-19-29(49)13-14-35(28)71-25-47(51,52)53)39(66)60-44(3,4)42(69)57-17-8-7-10-32(37(64)58-31)61(5)41(68)36(27-11-12-27)59-38(65)34-21-30(50)22-63(34)43(70)46(48(54,55)56)23-45(24-46)15-9-16-45/h13-14,19,26-27,30-34,36H,7-12,15-18,20-25H2,1-6H3,(H,57,69)(H,58,64)(H,59,65)(H,60,66)/t30-,31+,32+,33+,34+,36+/m1/s1. The maximum absolute atomic E-state index is 15.1. The molecule has 5 aliphatic rings. The summed E-state index contributed by atoms with van der Waals surface area (Å²) in [5.41, 5.74) is -4.92. The fourth-order valence-electron chi connectivity index (χ4n) is 10.5. The zero-order valence-corrected chi connectivity index (χ0v) is 41.6. The molecule has 23 heteroatoms. The molecule has 2 heterocycles. The fourth-order valence-corrected chi connectivity index (χ4v) is 10.7. The summed E-state index contributed by atoms with van der Waals surface area (Å²) in [5, 5.41) is 10.8. The third-order valence-corrected chi connectivity index (χ3v) is 15.0. The highest BCUT2D eigenvalue weighted by Crippen LogP contribution is 2.69. The highest BCUT2D eigenvalue weighted by molar-refractivity contribution is 6.30. The number of nitrogens with zero attached hydrogens (tertiary/aromatic N) is 3. The van der Waals surface area contributed by atoms with Gasteiger partial charge in [-0.3, -0.25) is 33.6 Å². The van der Waals surface area contributed by atoms with Crippen molar-refractivity contribution >= 4 is 53.0 Å². The predicted octanol–water partition coefficient (Wildman–Crippen LogP) is 5.55. The van der Waals surface area contributed by atoms with Crippen LogP contribution in [0.15, 0.2) is 18.2 Å². The summed E-state index contributed by atoms with van der Waals surface area (Å²) in [6.07, 6.45) is -10.2. The minimum atomic E-state index is -4.94. The molecule has 6 rings (SSSR count). The average molecular weight is 1040 g/mol. The van der Waals surface area contributed by atoms with Crippen LogP contribution < -0.4 is 26.0 Å². The lowest BCUT2D eigenvalue weighted by Crippen LogP contribution is -2.66. The van der Waals surface area contributed by atoms with Gasteiger partial charge in [-0.2, -0.15) is 26.3 Å². The molecule has 1 aromatic carbocycles. The Morgan fingerprint density at radius 3 is 2.21 bits per heavy atom. The maximum Gasteiger partial charge on any atom is 0.422 e. The van der Waals surface area contributed by atoms with E-state index in [2.05, 4.69) is 21.3 Å². The van der Waals surface area contributed by atoms with Gasteiger partial charge < -0.3 is 40.7 Å². The first-order valence-corrected chi connectivity index (χ1v) is 24.6. The van der Waals surface area contributed by atoms with E-state index in [0.29, 0.717) is 30.6 Å². The normalized spacial score (nSPS) is 26.7. The molecule has 6 atom stereocenters. The highest BCUT2D eigenvalue weighted by atomic mass is 35.5. The Morgan fingerprint density at radius 1 is 0.972 bits per heavy atom. The number of benzene rings is 1. The van der Waals surface area contributed by atoms with Crippen LogP contribution in [0.2, 0.25) is 5.02 Å². The SMILES string of the molecule is CC(C)C[C@@H]1NC(=O)[C@@H](N(C)C(=O)[C@@H](NC(=O)[C@@H]2C[C@@H](F)CN2C(=O)C2(C(F)(F)F)CC3(CCC3)C2)C2CC2)CCCCNC(=O)C(C)(C)NC(=O)[C@H](Cc2cc(Cl)ccc2OCC(F)(F)F)N(C)C1=O. The molecule has 5 fully saturated rings. The van der Waals surface area contributed by atoms with Crippen molar-refractivity contribution in [2.45, 2.75) is 165 Å². The third kappa shape index (κ3) is 12.7. The Hall–Kier alpha value is -4.89. The zero-order valence-electron chi connectivity index (χ0n) is 40.8. The van der Waals surface area contributed by atoms with Gasteiger partial charge in [0.05, 0.1) is 6.54 Å². The van der Waals surface area contributed by atoms with Gasteiger partial charge in [-0.25, -0.2) is 4.39 Å². The molecule has 0 radical (unpaired) electrons. The second kappa shape index (κ2) is 21.3. The summed E-state index contributed by atoms with van der Waals surface area (Å²) < 4.78 is 104. The van der Waals surface area contributed by atoms with Gasteiger partial charge in [0.1, 0.15) is 53.1 Å². The number of likely N-dealkylation sites (tertiary alicyclic amines) is 1. The number of carbonyl (C=O) groups excluding carboxylic acids is 7. The Morgan fingerprint density at radius 2 is 1.63 bits per heavy atom. The van der Waals surface area contributed by atoms with Crippen LogP contribution in [0.1, 0.15) is 110 Å². The summed E-state index contributed by atoms with van der Waals surface area (Å²) in [4.78, 5) is 102. The lowest BCUT2D eigenvalue weighted by atomic mass is 9.44. The van der Waals surface area contributed by atoms with Crippen LogP contribution in [0.5, 0.6) is 5.75 Å². The molecule has 1 aromatic rings. The Bertz CT molecular complexity index is 2200. The fraction of sp³-hybridized carbons (Fsp3) is 0.729. The van der Waals surface area contributed by atoms with Gasteiger partial charge in [-0.1, -0.05) is 31.9 Å². The third-order valence-electron chi connectivity index (χ3n) is 14.8. The van der Waals surface area contributed by atoms with Gasteiger partial charge in [0.15, 0.2) is 6.61 Å². The lowest BCUT2D eigenvalue weighted by Gasteiger charge is -2.60. The molecule has 1 spiro atoms. The van der Waals surface area contributed by atoms with E-state index in [0.717, 1.165) is 16.2 Å². The molecule has 4 N–H and O–H groups in total. The minimum Gasteiger partial charge on any atom is -0.484 e.